The van der Waals surface area contributed by atoms with Crippen LogP contribution in [0.15, 0.2) is 48.8 Å². The lowest BCUT2D eigenvalue weighted by molar-refractivity contribution is -0.133. The SMILES string of the molecule is NC(=O)C1(Cc2ccc(-c3ccncc3)cc2)CCN(C(=O)CC2CCCCC2)C1. The number of amides is 2. The van der Waals surface area contributed by atoms with Gasteiger partial charge in [0.1, 0.15) is 0 Å². The van der Waals surface area contributed by atoms with Crippen LogP contribution < -0.4 is 5.73 Å². The zero-order valence-electron chi connectivity index (χ0n) is 17.6. The van der Waals surface area contributed by atoms with Gasteiger partial charge in [-0.1, -0.05) is 43.5 Å². The van der Waals surface area contributed by atoms with Crippen LogP contribution in [0, 0.1) is 11.3 Å². The number of carbonyl (C=O) groups excluding carboxylic acids is 2. The molecular weight excluding hydrogens is 374 g/mol. The number of carbonyl (C=O) groups is 2. The number of primary amides is 1. The number of nitrogens with two attached hydrogens (primary N) is 1. The van der Waals surface area contributed by atoms with Crippen LogP contribution in [-0.4, -0.2) is 34.8 Å². The lowest BCUT2D eigenvalue weighted by Gasteiger charge is -2.27. The molecule has 1 aromatic carbocycles. The minimum atomic E-state index is -0.666. The molecule has 2 aromatic rings. The maximum Gasteiger partial charge on any atom is 0.225 e. The van der Waals surface area contributed by atoms with Crippen molar-refractivity contribution in [2.75, 3.05) is 13.1 Å². The second-order valence-corrected chi connectivity index (χ2v) is 9.03. The summed E-state index contributed by atoms with van der Waals surface area (Å²) in [5, 5.41) is 0. The lowest BCUT2D eigenvalue weighted by atomic mass is 9.80. The summed E-state index contributed by atoms with van der Waals surface area (Å²) >= 11 is 0. The Kier molecular flexibility index (Phi) is 6.16. The highest BCUT2D eigenvalue weighted by Crippen LogP contribution is 2.36. The fourth-order valence-electron chi connectivity index (χ4n) is 5.04. The zero-order chi connectivity index (χ0) is 21.0. The van der Waals surface area contributed by atoms with Crippen molar-refractivity contribution in [3.8, 4) is 11.1 Å². The normalized spacial score (nSPS) is 22.2. The molecule has 1 unspecified atom stereocenters. The molecule has 4 rings (SSSR count). The third-order valence-electron chi connectivity index (χ3n) is 6.93. The van der Waals surface area contributed by atoms with E-state index in [4.69, 9.17) is 5.73 Å². The summed E-state index contributed by atoms with van der Waals surface area (Å²) in [4.78, 5) is 31.2. The number of benzene rings is 1. The van der Waals surface area contributed by atoms with Crippen molar-refractivity contribution in [3.05, 3.63) is 54.4 Å². The third-order valence-corrected chi connectivity index (χ3v) is 6.93. The summed E-state index contributed by atoms with van der Waals surface area (Å²) in [5.74, 6) is 0.405. The van der Waals surface area contributed by atoms with E-state index in [2.05, 4.69) is 29.2 Å². The maximum absolute atomic E-state index is 12.8. The lowest BCUT2D eigenvalue weighted by Crippen LogP contribution is -2.42. The highest BCUT2D eigenvalue weighted by Gasteiger charge is 2.44. The Bertz CT molecular complexity index is 875. The van der Waals surface area contributed by atoms with E-state index in [9.17, 15) is 9.59 Å². The molecule has 1 atom stereocenters. The number of hydrogen-bond donors (Lipinski definition) is 1. The van der Waals surface area contributed by atoms with E-state index in [0.29, 0.717) is 38.3 Å². The largest absolute Gasteiger partial charge is 0.369 e. The molecule has 2 fully saturated rings. The van der Waals surface area contributed by atoms with Crippen molar-refractivity contribution in [2.45, 2.75) is 51.4 Å². The highest BCUT2D eigenvalue weighted by molar-refractivity contribution is 5.84. The molecule has 0 spiro atoms. The van der Waals surface area contributed by atoms with Crippen LogP contribution in [0.25, 0.3) is 11.1 Å². The molecule has 2 amide bonds. The van der Waals surface area contributed by atoms with Gasteiger partial charge in [-0.2, -0.15) is 0 Å². The van der Waals surface area contributed by atoms with Gasteiger partial charge in [-0.25, -0.2) is 0 Å². The number of nitrogens with zero attached hydrogens (tertiary/aromatic N) is 2. The number of pyridine rings is 1. The Morgan fingerprint density at radius 3 is 2.33 bits per heavy atom. The van der Waals surface area contributed by atoms with Crippen LogP contribution in [0.5, 0.6) is 0 Å². The van der Waals surface area contributed by atoms with E-state index in [1.54, 1.807) is 12.4 Å². The van der Waals surface area contributed by atoms with Crippen LogP contribution in [-0.2, 0) is 16.0 Å². The van der Waals surface area contributed by atoms with Crippen molar-refractivity contribution in [3.63, 3.8) is 0 Å². The average Bonchev–Trinajstić information content (AvgIpc) is 3.21. The zero-order valence-corrected chi connectivity index (χ0v) is 17.6. The van der Waals surface area contributed by atoms with Gasteiger partial charge in [-0.3, -0.25) is 14.6 Å². The second kappa shape index (κ2) is 8.99. The fourth-order valence-corrected chi connectivity index (χ4v) is 5.04. The number of hydrogen-bond acceptors (Lipinski definition) is 3. The quantitative estimate of drug-likeness (QED) is 0.790. The van der Waals surface area contributed by atoms with Crippen LogP contribution in [0.4, 0.5) is 0 Å². The Balaban J connectivity index is 1.42. The third kappa shape index (κ3) is 4.55. The van der Waals surface area contributed by atoms with Gasteiger partial charge in [0.15, 0.2) is 0 Å². The van der Waals surface area contributed by atoms with E-state index in [1.165, 1.54) is 19.3 Å². The van der Waals surface area contributed by atoms with Gasteiger partial charge in [-0.05, 0) is 60.4 Å². The van der Waals surface area contributed by atoms with Crippen molar-refractivity contribution < 1.29 is 9.59 Å². The Morgan fingerprint density at radius 1 is 1.00 bits per heavy atom. The molecule has 0 bridgehead atoms. The summed E-state index contributed by atoms with van der Waals surface area (Å²) in [6.07, 6.45) is 11.5. The predicted molar refractivity (Wildman–Crippen MR) is 117 cm³/mol. The van der Waals surface area contributed by atoms with Crippen LogP contribution in [0.2, 0.25) is 0 Å². The molecule has 2 heterocycles. The van der Waals surface area contributed by atoms with Gasteiger partial charge < -0.3 is 10.6 Å². The number of aromatic nitrogens is 1. The first-order valence-corrected chi connectivity index (χ1v) is 11.1. The van der Waals surface area contributed by atoms with Gasteiger partial charge in [0.25, 0.3) is 0 Å². The Morgan fingerprint density at radius 2 is 1.67 bits per heavy atom. The number of likely N-dealkylation sites (tertiary alicyclic amines) is 1. The molecule has 0 radical (unpaired) electrons. The molecule has 5 heteroatoms. The summed E-state index contributed by atoms with van der Waals surface area (Å²) in [6.45, 7) is 1.07. The van der Waals surface area contributed by atoms with E-state index in [-0.39, 0.29) is 11.8 Å². The van der Waals surface area contributed by atoms with Crippen LogP contribution in [0.1, 0.15) is 50.5 Å². The van der Waals surface area contributed by atoms with Crippen LogP contribution in [0.3, 0.4) is 0 Å². The van der Waals surface area contributed by atoms with Crippen molar-refractivity contribution in [2.24, 2.45) is 17.1 Å². The second-order valence-electron chi connectivity index (χ2n) is 9.03. The predicted octanol–water partition coefficient (Wildman–Crippen LogP) is 3.97. The molecule has 1 aliphatic carbocycles. The van der Waals surface area contributed by atoms with Gasteiger partial charge in [0.2, 0.25) is 11.8 Å². The maximum atomic E-state index is 12.8. The molecule has 1 saturated carbocycles. The molecule has 5 nitrogen and oxygen atoms in total. The van der Waals surface area contributed by atoms with E-state index < -0.39 is 5.41 Å². The molecule has 1 aliphatic heterocycles. The van der Waals surface area contributed by atoms with Gasteiger partial charge in [0.05, 0.1) is 5.41 Å². The average molecular weight is 406 g/mol. The molecule has 2 N–H and O–H groups in total. The fraction of sp³-hybridized carbons (Fsp3) is 0.480. The Labute approximate surface area is 178 Å². The van der Waals surface area contributed by atoms with Crippen molar-refractivity contribution >= 4 is 11.8 Å². The standard InChI is InChI=1S/C25H31N3O2/c26-24(30)25(12-15-28(18-25)23(29)16-19-4-2-1-3-5-19)17-20-6-8-21(9-7-20)22-10-13-27-14-11-22/h6-11,13-14,19H,1-5,12,15-18H2,(H2,26,30). The van der Waals surface area contributed by atoms with Gasteiger partial charge in [0, 0.05) is 31.9 Å². The van der Waals surface area contributed by atoms with Gasteiger partial charge >= 0.3 is 0 Å². The van der Waals surface area contributed by atoms with E-state index >= 15 is 0 Å². The molecule has 158 valence electrons. The molecule has 30 heavy (non-hydrogen) atoms. The smallest absolute Gasteiger partial charge is 0.225 e. The first-order chi connectivity index (χ1) is 14.6. The highest BCUT2D eigenvalue weighted by atomic mass is 16.2. The molecule has 1 saturated heterocycles. The first-order valence-electron chi connectivity index (χ1n) is 11.1. The minimum Gasteiger partial charge on any atom is -0.369 e. The minimum absolute atomic E-state index is 0.193. The van der Waals surface area contributed by atoms with Crippen molar-refractivity contribution in [1.82, 2.24) is 9.88 Å². The Hall–Kier alpha value is -2.69. The monoisotopic (exact) mass is 405 g/mol. The first kappa shape index (κ1) is 20.6. The summed E-state index contributed by atoms with van der Waals surface area (Å²) in [6, 6.07) is 12.2. The van der Waals surface area contributed by atoms with Crippen LogP contribution >= 0.6 is 0 Å². The van der Waals surface area contributed by atoms with Crippen molar-refractivity contribution in [1.29, 1.82) is 0 Å². The topological polar surface area (TPSA) is 76.3 Å². The molecular formula is C25H31N3O2. The van der Waals surface area contributed by atoms with E-state index in [1.807, 2.05) is 17.0 Å². The summed E-state index contributed by atoms with van der Waals surface area (Å²) < 4.78 is 0. The summed E-state index contributed by atoms with van der Waals surface area (Å²) in [7, 11) is 0. The molecule has 2 aliphatic rings. The van der Waals surface area contributed by atoms with Gasteiger partial charge in [-0.15, -0.1) is 0 Å². The van der Waals surface area contributed by atoms with E-state index in [0.717, 1.165) is 29.5 Å². The number of rotatable bonds is 6. The summed E-state index contributed by atoms with van der Waals surface area (Å²) in [5.41, 5.74) is 8.50. The molecule has 1 aromatic heterocycles.